The SMILES string of the molecule is COc1cc(F)c2ncc(Cl)c(CCN3CCC(NCc4ccc5c(n4)NC(=O)CO5)CC3)c2c1.Cl. The van der Waals surface area contributed by atoms with Crippen LogP contribution in [-0.2, 0) is 17.8 Å². The van der Waals surface area contributed by atoms with Crippen LogP contribution >= 0.6 is 24.0 Å². The molecule has 11 heteroatoms. The van der Waals surface area contributed by atoms with Crippen LogP contribution in [0, 0.1) is 5.82 Å². The average Bonchev–Trinajstić information content (AvgIpc) is 2.87. The number of piperidine rings is 1. The van der Waals surface area contributed by atoms with Crippen molar-refractivity contribution in [2.75, 3.05) is 38.7 Å². The van der Waals surface area contributed by atoms with E-state index < -0.39 is 5.82 Å². The van der Waals surface area contributed by atoms with Crippen molar-refractivity contribution in [1.29, 1.82) is 0 Å². The van der Waals surface area contributed by atoms with Gasteiger partial charge in [0.05, 0.1) is 17.8 Å². The van der Waals surface area contributed by atoms with Crippen LogP contribution in [0.15, 0.2) is 30.5 Å². The van der Waals surface area contributed by atoms with Crippen LogP contribution in [0.4, 0.5) is 10.2 Å². The number of rotatable bonds is 7. The first-order valence-corrected chi connectivity index (χ1v) is 12.1. The molecule has 0 aliphatic carbocycles. The molecule has 1 saturated heterocycles. The Morgan fingerprint density at radius 1 is 1.31 bits per heavy atom. The molecular weight excluding hydrogens is 508 g/mol. The highest BCUT2D eigenvalue weighted by Gasteiger charge is 2.21. The third-order valence-electron chi connectivity index (χ3n) is 6.56. The molecule has 0 spiro atoms. The van der Waals surface area contributed by atoms with Crippen LogP contribution in [0.25, 0.3) is 10.9 Å². The maximum absolute atomic E-state index is 14.4. The first-order chi connectivity index (χ1) is 17.0. The van der Waals surface area contributed by atoms with Gasteiger partial charge in [0.25, 0.3) is 5.91 Å². The van der Waals surface area contributed by atoms with E-state index in [2.05, 4.69) is 25.5 Å². The van der Waals surface area contributed by atoms with E-state index in [9.17, 15) is 9.18 Å². The van der Waals surface area contributed by atoms with Crippen molar-refractivity contribution in [3.8, 4) is 11.5 Å². The maximum atomic E-state index is 14.4. The number of nitrogens with one attached hydrogen (secondary N) is 2. The number of halogens is 3. The number of aromatic nitrogens is 2. The van der Waals surface area contributed by atoms with Crippen molar-refractivity contribution < 1.29 is 18.7 Å². The number of methoxy groups -OCH3 is 1. The van der Waals surface area contributed by atoms with Crippen LogP contribution in [0.2, 0.25) is 5.02 Å². The Labute approximate surface area is 219 Å². The summed E-state index contributed by atoms with van der Waals surface area (Å²) in [7, 11) is 1.52. The van der Waals surface area contributed by atoms with E-state index in [0.29, 0.717) is 52.2 Å². The van der Waals surface area contributed by atoms with Crippen LogP contribution < -0.4 is 20.1 Å². The fourth-order valence-electron chi connectivity index (χ4n) is 4.62. The van der Waals surface area contributed by atoms with E-state index in [1.807, 2.05) is 12.1 Å². The predicted molar refractivity (Wildman–Crippen MR) is 139 cm³/mol. The lowest BCUT2D eigenvalue weighted by Gasteiger charge is -2.32. The van der Waals surface area contributed by atoms with Gasteiger partial charge < -0.3 is 25.0 Å². The summed E-state index contributed by atoms with van der Waals surface area (Å²) in [6.45, 7) is 3.39. The largest absolute Gasteiger partial charge is 0.497 e. The lowest BCUT2D eigenvalue weighted by atomic mass is 10.0. The van der Waals surface area contributed by atoms with Gasteiger partial charge in [0.1, 0.15) is 11.3 Å². The van der Waals surface area contributed by atoms with Gasteiger partial charge in [-0.1, -0.05) is 11.6 Å². The molecule has 2 aliphatic rings. The standard InChI is InChI=1S/C25H27ClFN5O3.ClH/c1-34-17-10-19-18(20(26)13-29-24(19)21(27)11-17)6-9-32-7-4-15(5-8-32)28-12-16-2-3-22-25(30-16)31-23(33)14-35-22;/h2-3,10-11,13,15,28H,4-9,12,14H2,1H3,(H,30,31,33);1H. The van der Waals surface area contributed by atoms with Crippen molar-refractivity contribution in [2.24, 2.45) is 0 Å². The van der Waals surface area contributed by atoms with Gasteiger partial charge in [-0.2, -0.15) is 0 Å². The summed E-state index contributed by atoms with van der Waals surface area (Å²) in [6.07, 6.45) is 4.25. The van der Waals surface area contributed by atoms with E-state index in [0.717, 1.165) is 43.7 Å². The minimum atomic E-state index is -0.410. The van der Waals surface area contributed by atoms with Gasteiger partial charge in [-0.25, -0.2) is 9.37 Å². The fraction of sp³-hybridized carbons (Fsp3) is 0.400. The van der Waals surface area contributed by atoms with Crippen molar-refractivity contribution in [2.45, 2.75) is 31.8 Å². The summed E-state index contributed by atoms with van der Waals surface area (Å²) >= 11 is 6.45. The second kappa shape index (κ2) is 11.6. The van der Waals surface area contributed by atoms with E-state index >= 15 is 0 Å². The number of fused-ring (bicyclic) bond motifs is 2. The molecular formula is C25H28Cl2FN5O3. The van der Waals surface area contributed by atoms with Crippen molar-refractivity contribution in [3.05, 3.63) is 52.6 Å². The number of likely N-dealkylation sites (tertiary alicyclic amines) is 1. The van der Waals surface area contributed by atoms with Gasteiger partial charge in [0.2, 0.25) is 0 Å². The Kier molecular flexibility index (Phi) is 8.46. The highest BCUT2D eigenvalue weighted by atomic mass is 35.5. The van der Waals surface area contributed by atoms with E-state index in [-0.39, 0.29) is 24.9 Å². The molecule has 8 nitrogen and oxygen atoms in total. The minimum Gasteiger partial charge on any atom is -0.497 e. The van der Waals surface area contributed by atoms with Crippen LogP contribution in [0.1, 0.15) is 24.1 Å². The second-order valence-corrected chi connectivity index (χ2v) is 9.23. The third-order valence-corrected chi connectivity index (χ3v) is 6.89. The number of benzene rings is 1. The number of carbonyl (C=O) groups excluding carboxylic acids is 1. The van der Waals surface area contributed by atoms with Gasteiger partial charge in [-0.3, -0.25) is 9.78 Å². The summed E-state index contributed by atoms with van der Waals surface area (Å²) in [5.41, 5.74) is 2.07. The first-order valence-electron chi connectivity index (χ1n) is 11.7. The lowest BCUT2D eigenvalue weighted by molar-refractivity contribution is -0.118. The topological polar surface area (TPSA) is 88.6 Å². The van der Waals surface area contributed by atoms with Crippen molar-refractivity contribution >= 4 is 46.6 Å². The molecule has 2 aliphatic heterocycles. The summed E-state index contributed by atoms with van der Waals surface area (Å²) in [6, 6.07) is 7.29. The van der Waals surface area contributed by atoms with Crippen LogP contribution in [0.5, 0.6) is 11.5 Å². The molecule has 1 aromatic carbocycles. The third kappa shape index (κ3) is 5.81. The molecule has 2 aromatic heterocycles. The second-order valence-electron chi connectivity index (χ2n) is 8.82. The summed E-state index contributed by atoms with van der Waals surface area (Å²) in [5.74, 6) is 0.941. The van der Waals surface area contributed by atoms with Gasteiger partial charge in [-0.15, -0.1) is 12.4 Å². The number of ether oxygens (including phenoxy) is 2. The number of hydrogen-bond acceptors (Lipinski definition) is 7. The zero-order valence-electron chi connectivity index (χ0n) is 19.9. The normalized spacial score (nSPS) is 16.1. The highest BCUT2D eigenvalue weighted by molar-refractivity contribution is 6.32. The van der Waals surface area contributed by atoms with Gasteiger partial charge in [-0.05, 0) is 56.1 Å². The molecule has 0 radical (unpaired) electrons. The number of nitrogens with zero attached hydrogens (tertiary/aromatic N) is 3. The zero-order chi connectivity index (χ0) is 24.4. The molecule has 3 aromatic rings. The molecule has 36 heavy (non-hydrogen) atoms. The molecule has 0 unspecified atom stereocenters. The Morgan fingerprint density at radius 3 is 2.89 bits per heavy atom. The fourth-order valence-corrected chi connectivity index (χ4v) is 4.86. The molecule has 1 fully saturated rings. The minimum absolute atomic E-state index is 0. The number of anilines is 1. The zero-order valence-corrected chi connectivity index (χ0v) is 21.4. The molecule has 4 heterocycles. The molecule has 2 N–H and O–H groups in total. The molecule has 1 amide bonds. The van der Waals surface area contributed by atoms with Crippen LogP contribution in [-0.4, -0.2) is 60.2 Å². The monoisotopic (exact) mass is 535 g/mol. The predicted octanol–water partition coefficient (Wildman–Crippen LogP) is 3.98. The van der Waals surface area contributed by atoms with Crippen LogP contribution in [0.3, 0.4) is 0 Å². The van der Waals surface area contributed by atoms with E-state index in [1.54, 1.807) is 6.07 Å². The van der Waals surface area contributed by atoms with Gasteiger partial charge >= 0.3 is 0 Å². The molecule has 192 valence electrons. The number of pyridine rings is 2. The quantitative estimate of drug-likeness (QED) is 0.473. The van der Waals surface area contributed by atoms with Gasteiger partial charge in [0, 0.05) is 36.8 Å². The Morgan fingerprint density at radius 2 is 2.11 bits per heavy atom. The number of amides is 1. The Bertz CT molecular complexity index is 1250. The highest BCUT2D eigenvalue weighted by Crippen LogP contribution is 2.30. The molecule has 0 saturated carbocycles. The summed E-state index contributed by atoms with van der Waals surface area (Å²) in [5, 5.41) is 7.56. The van der Waals surface area contributed by atoms with E-state index in [4.69, 9.17) is 21.1 Å². The van der Waals surface area contributed by atoms with Crippen molar-refractivity contribution in [3.63, 3.8) is 0 Å². The summed E-state index contributed by atoms with van der Waals surface area (Å²) < 4.78 is 25.0. The smallest absolute Gasteiger partial charge is 0.263 e. The number of carbonyl (C=O) groups is 1. The summed E-state index contributed by atoms with van der Waals surface area (Å²) in [4.78, 5) is 22.6. The molecule has 0 bridgehead atoms. The van der Waals surface area contributed by atoms with Crippen molar-refractivity contribution in [1.82, 2.24) is 20.2 Å². The Balaban J connectivity index is 0.00000304. The Hall–Kier alpha value is -2.72. The first kappa shape index (κ1) is 26.3. The molecule has 5 rings (SSSR count). The number of hydrogen-bond donors (Lipinski definition) is 2. The lowest BCUT2D eigenvalue weighted by Crippen LogP contribution is -2.43. The van der Waals surface area contributed by atoms with Gasteiger partial charge in [0.15, 0.2) is 24.0 Å². The molecule has 0 atom stereocenters. The average molecular weight is 536 g/mol. The maximum Gasteiger partial charge on any atom is 0.263 e. The van der Waals surface area contributed by atoms with E-state index in [1.165, 1.54) is 19.4 Å².